The molecule has 2 heterocycles. The molecular weight excluding hydrogens is 408 g/mol. The first-order chi connectivity index (χ1) is 15.1. The SMILES string of the molecule is Cc1occc1-c1nnc(SC(C)C(=O)NCc2ccccc2)n1Cc1ccccc1. The third-order valence-corrected chi connectivity index (χ3v) is 6.04. The molecule has 0 aliphatic heterocycles. The zero-order chi connectivity index (χ0) is 21.6. The summed E-state index contributed by atoms with van der Waals surface area (Å²) in [5.74, 6) is 1.48. The van der Waals surface area contributed by atoms with Crippen molar-refractivity contribution in [3.63, 3.8) is 0 Å². The molecule has 0 fully saturated rings. The summed E-state index contributed by atoms with van der Waals surface area (Å²) in [7, 11) is 0. The first-order valence-corrected chi connectivity index (χ1v) is 11.0. The lowest BCUT2D eigenvalue weighted by Crippen LogP contribution is -2.30. The topological polar surface area (TPSA) is 72.9 Å². The molecule has 0 radical (unpaired) electrons. The highest BCUT2D eigenvalue weighted by Crippen LogP contribution is 2.29. The van der Waals surface area contributed by atoms with E-state index in [0.717, 1.165) is 28.3 Å². The summed E-state index contributed by atoms with van der Waals surface area (Å²) in [5.41, 5.74) is 3.10. The van der Waals surface area contributed by atoms with Crippen molar-refractivity contribution >= 4 is 17.7 Å². The maximum Gasteiger partial charge on any atom is 0.233 e. The zero-order valence-corrected chi connectivity index (χ0v) is 18.3. The van der Waals surface area contributed by atoms with Gasteiger partial charge in [0.05, 0.1) is 23.6 Å². The lowest BCUT2D eigenvalue weighted by Gasteiger charge is -2.14. The third kappa shape index (κ3) is 5.06. The van der Waals surface area contributed by atoms with E-state index in [1.54, 1.807) is 6.26 Å². The number of amides is 1. The van der Waals surface area contributed by atoms with Gasteiger partial charge < -0.3 is 9.73 Å². The number of nitrogens with zero attached hydrogens (tertiary/aromatic N) is 3. The number of hydrogen-bond donors (Lipinski definition) is 1. The van der Waals surface area contributed by atoms with Crippen LogP contribution in [0, 0.1) is 6.92 Å². The smallest absolute Gasteiger partial charge is 0.233 e. The summed E-state index contributed by atoms with van der Waals surface area (Å²) < 4.78 is 7.52. The van der Waals surface area contributed by atoms with Gasteiger partial charge in [0, 0.05) is 6.54 Å². The van der Waals surface area contributed by atoms with E-state index in [0.29, 0.717) is 18.2 Å². The van der Waals surface area contributed by atoms with Crippen molar-refractivity contribution in [2.75, 3.05) is 0 Å². The van der Waals surface area contributed by atoms with Gasteiger partial charge in [0.1, 0.15) is 5.76 Å². The van der Waals surface area contributed by atoms with Crippen molar-refractivity contribution < 1.29 is 9.21 Å². The molecule has 4 rings (SSSR count). The van der Waals surface area contributed by atoms with Crippen LogP contribution in [0.1, 0.15) is 23.8 Å². The van der Waals surface area contributed by atoms with Crippen molar-refractivity contribution in [1.82, 2.24) is 20.1 Å². The van der Waals surface area contributed by atoms with Crippen molar-refractivity contribution in [2.45, 2.75) is 37.3 Å². The van der Waals surface area contributed by atoms with Crippen LogP contribution in [0.4, 0.5) is 0 Å². The van der Waals surface area contributed by atoms with E-state index in [4.69, 9.17) is 4.42 Å². The molecule has 1 atom stereocenters. The molecule has 0 spiro atoms. The van der Waals surface area contributed by atoms with E-state index in [2.05, 4.69) is 27.6 Å². The van der Waals surface area contributed by atoms with Gasteiger partial charge in [-0.3, -0.25) is 9.36 Å². The van der Waals surface area contributed by atoms with Crippen LogP contribution < -0.4 is 5.32 Å². The van der Waals surface area contributed by atoms with E-state index in [1.165, 1.54) is 11.8 Å². The molecule has 31 heavy (non-hydrogen) atoms. The fourth-order valence-corrected chi connectivity index (χ4v) is 4.11. The van der Waals surface area contributed by atoms with Crippen LogP contribution in [0.15, 0.2) is 82.6 Å². The van der Waals surface area contributed by atoms with Crippen molar-refractivity contribution in [1.29, 1.82) is 0 Å². The number of nitrogens with one attached hydrogen (secondary N) is 1. The normalized spacial score (nSPS) is 11.9. The van der Waals surface area contributed by atoms with Gasteiger partial charge in [-0.05, 0) is 31.0 Å². The third-order valence-electron chi connectivity index (χ3n) is 4.96. The van der Waals surface area contributed by atoms with Gasteiger partial charge in [-0.25, -0.2) is 0 Å². The number of thioether (sulfide) groups is 1. The van der Waals surface area contributed by atoms with Gasteiger partial charge in [-0.1, -0.05) is 72.4 Å². The number of carbonyl (C=O) groups is 1. The predicted molar refractivity (Wildman–Crippen MR) is 122 cm³/mol. The summed E-state index contributed by atoms with van der Waals surface area (Å²) in [6.07, 6.45) is 1.65. The molecule has 2 aromatic heterocycles. The molecular formula is C24H24N4O2S. The Morgan fingerprint density at radius 1 is 1.03 bits per heavy atom. The zero-order valence-electron chi connectivity index (χ0n) is 17.5. The summed E-state index contributed by atoms with van der Waals surface area (Å²) in [6.45, 7) is 4.90. The Bertz CT molecular complexity index is 1140. The highest BCUT2D eigenvalue weighted by Gasteiger charge is 2.22. The molecule has 0 saturated heterocycles. The van der Waals surface area contributed by atoms with E-state index < -0.39 is 0 Å². The molecule has 0 bridgehead atoms. The van der Waals surface area contributed by atoms with Crippen LogP contribution >= 0.6 is 11.8 Å². The molecule has 1 N–H and O–H groups in total. The molecule has 6 nitrogen and oxygen atoms in total. The Balaban J connectivity index is 1.53. The largest absolute Gasteiger partial charge is 0.469 e. The number of aryl methyl sites for hydroxylation is 1. The maximum absolute atomic E-state index is 12.7. The minimum Gasteiger partial charge on any atom is -0.469 e. The van der Waals surface area contributed by atoms with Crippen molar-refractivity contribution in [2.24, 2.45) is 0 Å². The highest BCUT2D eigenvalue weighted by atomic mass is 32.2. The average molecular weight is 433 g/mol. The minimum absolute atomic E-state index is 0.0378. The van der Waals surface area contributed by atoms with Crippen LogP contribution in [-0.4, -0.2) is 25.9 Å². The minimum atomic E-state index is -0.319. The van der Waals surface area contributed by atoms with Crippen molar-refractivity contribution in [3.05, 3.63) is 89.9 Å². The monoisotopic (exact) mass is 432 g/mol. The molecule has 7 heteroatoms. The van der Waals surface area contributed by atoms with Crippen LogP contribution in [0.25, 0.3) is 11.4 Å². The molecule has 1 unspecified atom stereocenters. The summed E-state index contributed by atoms with van der Waals surface area (Å²) in [6, 6.07) is 21.9. The fraction of sp³-hybridized carbons (Fsp3) is 0.208. The number of hydrogen-bond acceptors (Lipinski definition) is 5. The molecule has 0 saturated carbocycles. The number of benzene rings is 2. The van der Waals surface area contributed by atoms with Gasteiger partial charge in [0.25, 0.3) is 0 Å². The molecule has 0 aliphatic rings. The Labute approximate surface area is 185 Å². The number of rotatable bonds is 8. The Morgan fingerprint density at radius 2 is 1.71 bits per heavy atom. The quantitative estimate of drug-likeness (QED) is 0.409. The number of aromatic nitrogens is 3. The van der Waals surface area contributed by atoms with Gasteiger partial charge >= 0.3 is 0 Å². The maximum atomic E-state index is 12.7. The Hall–Kier alpha value is -3.32. The van der Waals surface area contributed by atoms with Crippen LogP contribution in [-0.2, 0) is 17.9 Å². The predicted octanol–water partition coefficient (Wildman–Crippen LogP) is 4.69. The highest BCUT2D eigenvalue weighted by molar-refractivity contribution is 8.00. The van der Waals surface area contributed by atoms with Crippen molar-refractivity contribution in [3.8, 4) is 11.4 Å². The standard InChI is InChI=1S/C24H24N4O2S/c1-17-21(13-14-30-17)22-26-27-24(28(22)16-20-11-7-4-8-12-20)31-18(2)23(29)25-15-19-9-5-3-6-10-19/h3-14,18H,15-16H2,1-2H3,(H,25,29). The lowest BCUT2D eigenvalue weighted by atomic mass is 10.2. The Morgan fingerprint density at radius 3 is 2.35 bits per heavy atom. The Kier molecular flexibility index (Phi) is 6.52. The number of furan rings is 1. The molecule has 158 valence electrons. The van der Waals surface area contributed by atoms with Crippen LogP contribution in [0.3, 0.4) is 0 Å². The number of carbonyl (C=O) groups excluding carboxylic acids is 1. The van der Waals surface area contributed by atoms with Crippen LogP contribution in [0.2, 0.25) is 0 Å². The second-order valence-corrected chi connectivity index (χ2v) is 8.54. The lowest BCUT2D eigenvalue weighted by molar-refractivity contribution is -0.120. The fourth-order valence-electron chi connectivity index (χ4n) is 3.24. The van der Waals surface area contributed by atoms with Gasteiger partial charge in [-0.2, -0.15) is 0 Å². The molecule has 2 aromatic carbocycles. The van der Waals surface area contributed by atoms with E-state index in [-0.39, 0.29) is 11.2 Å². The molecule has 0 aliphatic carbocycles. The van der Waals surface area contributed by atoms with E-state index in [9.17, 15) is 4.79 Å². The van der Waals surface area contributed by atoms with Gasteiger partial charge in [0.2, 0.25) is 5.91 Å². The molecule has 1 amide bonds. The molecule has 4 aromatic rings. The second-order valence-electron chi connectivity index (χ2n) is 7.23. The van der Waals surface area contributed by atoms with E-state index >= 15 is 0 Å². The van der Waals surface area contributed by atoms with Gasteiger partial charge in [-0.15, -0.1) is 10.2 Å². The van der Waals surface area contributed by atoms with Crippen LogP contribution in [0.5, 0.6) is 0 Å². The summed E-state index contributed by atoms with van der Waals surface area (Å²) in [4.78, 5) is 12.7. The van der Waals surface area contributed by atoms with E-state index in [1.807, 2.05) is 73.0 Å². The summed E-state index contributed by atoms with van der Waals surface area (Å²) in [5, 5.41) is 12.2. The van der Waals surface area contributed by atoms with Gasteiger partial charge in [0.15, 0.2) is 11.0 Å². The first-order valence-electron chi connectivity index (χ1n) is 10.1. The summed E-state index contributed by atoms with van der Waals surface area (Å²) >= 11 is 1.40. The second kappa shape index (κ2) is 9.66. The first kappa shape index (κ1) is 20.9. The average Bonchev–Trinajstić information content (AvgIpc) is 3.39.